The van der Waals surface area contributed by atoms with Crippen molar-refractivity contribution in [2.24, 2.45) is 0 Å². The third-order valence-corrected chi connectivity index (χ3v) is 1.98. The first-order valence-corrected chi connectivity index (χ1v) is 4.30. The Morgan fingerprint density at radius 2 is 2.00 bits per heavy atom. The summed E-state index contributed by atoms with van der Waals surface area (Å²) >= 11 is 0. The second-order valence-corrected chi connectivity index (χ2v) is 3.31. The van der Waals surface area contributed by atoms with Crippen molar-refractivity contribution in [2.45, 2.75) is 19.9 Å². The van der Waals surface area contributed by atoms with E-state index < -0.39 is 0 Å². The summed E-state index contributed by atoms with van der Waals surface area (Å²) in [6.45, 7) is 3.84. The Kier molecular flexibility index (Phi) is 1.72. The van der Waals surface area contributed by atoms with Crippen molar-refractivity contribution < 1.29 is 4.52 Å². The number of para-hydroxylation sites is 1. The number of benzene rings is 1. The average Bonchev–Trinajstić information content (AvgIpc) is 2.45. The molecule has 0 spiro atoms. The minimum Gasteiger partial charge on any atom is -0.375 e. The van der Waals surface area contributed by atoms with Gasteiger partial charge in [-0.2, -0.15) is 4.74 Å². The van der Waals surface area contributed by atoms with Gasteiger partial charge in [-0.15, -0.1) is 0 Å². The van der Waals surface area contributed by atoms with Crippen molar-refractivity contribution in [3.63, 3.8) is 0 Å². The highest BCUT2D eigenvalue weighted by Crippen LogP contribution is 2.12. The molecule has 0 aliphatic carbocycles. The van der Waals surface area contributed by atoms with Gasteiger partial charge in [0.25, 0.3) is 5.56 Å². The molecular formula is C10H11NO2. The van der Waals surface area contributed by atoms with Gasteiger partial charge in [0.1, 0.15) is 0 Å². The molecule has 0 fully saturated rings. The van der Waals surface area contributed by atoms with Crippen LogP contribution in [0.5, 0.6) is 0 Å². The summed E-state index contributed by atoms with van der Waals surface area (Å²) in [5.41, 5.74) is 0.604. The Morgan fingerprint density at radius 3 is 2.62 bits per heavy atom. The molecule has 0 aliphatic heterocycles. The molecule has 1 aromatic carbocycles. The fraction of sp³-hybridized carbons (Fsp3) is 0.300. The van der Waals surface area contributed by atoms with Crippen molar-refractivity contribution in [3.05, 3.63) is 34.6 Å². The van der Waals surface area contributed by atoms with E-state index >= 15 is 0 Å². The van der Waals surface area contributed by atoms with E-state index in [1.165, 1.54) is 4.74 Å². The van der Waals surface area contributed by atoms with E-state index in [1.54, 1.807) is 12.1 Å². The molecule has 0 bridgehead atoms. The minimum absolute atomic E-state index is 0.0504. The topological polar surface area (TPSA) is 35.1 Å². The van der Waals surface area contributed by atoms with E-state index in [0.717, 1.165) is 0 Å². The normalized spacial score (nSPS) is 11.3. The molecule has 0 amide bonds. The number of hydrogen-bond donors (Lipinski definition) is 0. The van der Waals surface area contributed by atoms with E-state index in [2.05, 4.69) is 0 Å². The summed E-state index contributed by atoms with van der Waals surface area (Å²) in [6, 6.07) is 7.34. The third-order valence-electron chi connectivity index (χ3n) is 1.98. The molecule has 3 heteroatoms. The smallest absolute Gasteiger partial charge is 0.290 e. The maximum atomic E-state index is 11.6. The summed E-state index contributed by atoms with van der Waals surface area (Å²) in [5.74, 6) is 0. The first-order chi connectivity index (χ1) is 6.20. The highest BCUT2D eigenvalue weighted by Gasteiger charge is 2.09. The van der Waals surface area contributed by atoms with E-state index in [4.69, 9.17) is 4.52 Å². The Bertz CT molecular complexity index is 479. The Balaban J connectivity index is 2.82. The predicted octanol–water partition coefficient (Wildman–Crippen LogP) is 2.18. The Morgan fingerprint density at radius 1 is 1.31 bits per heavy atom. The fourth-order valence-corrected chi connectivity index (χ4v) is 1.33. The van der Waals surface area contributed by atoms with Gasteiger partial charge in [-0.05, 0) is 26.0 Å². The highest BCUT2D eigenvalue weighted by atomic mass is 16.5. The van der Waals surface area contributed by atoms with E-state index in [9.17, 15) is 4.79 Å². The summed E-state index contributed by atoms with van der Waals surface area (Å²) < 4.78 is 6.76. The molecule has 0 N–H and O–H groups in total. The lowest BCUT2D eigenvalue weighted by molar-refractivity contribution is 0.251. The van der Waals surface area contributed by atoms with Crippen LogP contribution in [0, 0.1) is 0 Å². The van der Waals surface area contributed by atoms with Crippen LogP contribution in [-0.2, 0) is 0 Å². The Hall–Kier alpha value is -1.51. The average molecular weight is 177 g/mol. The zero-order valence-electron chi connectivity index (χ0n) is 7.65. The SMILES string of the molecule is CC(C)n1oc2ccccc2c1=O. The molecule has 13 heavy (non-hydrogen) atoms. The summed E-state index contributed by atoms with van der Waals surface area (Å²) in [5, 5.41) is 0.649. The van der Waals surface area contributed by atoms with Crippen LogP contribution in [0.3, 0.4) is 0 Å². The number of hydrogen-bond acceptors (Lipinski definition) is 2. The molecule has 0 saturated heterocycles. The van der Waals surface area contributed by atoms with Crippen LogP contribution in [0.4, 0.5) is 0 Å². The van der Waals surface area contributed by atoms with Gasteiger partial charge in [0.2, 0.25) is 0 Å². The van der Waals surface area contributed by atoms with Gasteiger partial charge in [0.15, 0.2) is 5.58 Å². The number of aromatic nitrogens is 1. The molecule has 1 aromatic heterocycles. The molecule has 0 radical (unpaired) electrons. The molecule has 2 aromatic rings. The lowest BCUT2D eigenvalue weighted by Crippen LogP contribution is -2.15. The molecule has 0 atom stereocenters. The van der Waals surface area contributed by atoms with E-state index in [-0.39, 0.29) is 11.6 Å². The molecule has 3 nitrogen and oxygen atoms in total. The molecule has 0 aliphatic rings. The maximum absolute atomic E-state index is 11.6. The van der Waals surface area contributed by atoms with Crippen LogP contribution in [0.1, 0.15) is 19.9 Å². The quantitative estimate of drug-likeness (QED) is 0.669. The second kappa shape index (κ2) is 2.76. The fourth-order valence-electron chi connectivity index (χ4n) is 1.33. The predicted molar refractivity (Wildman–Crippen MR) is 50.9 cm³/mol. The first-order valence-electron chi connectivity index (χ1n) is 4.30. The van der Waals surface area contributed by atoms with Crippen molar-refractivity contribution in [1.29, 1.82) is 0 Å². The summed E-state index contributed by atoms with van der Waals surface area (Å²) in [7, 11) is 0. The molecular weight excluding hydrogens is 166 g/mol. The molecule has 0 unspecified atom stereocenters. The summed E-state index contributed by atoms with van der Waals surface area (Å²) in [4.78, 5) is 11.6. The number of nitrogens with zero attached hydrogens (tertiary/aromatic N) is 1. The van der Waals surface area contributed by atoms with Gasteiger partial charge in [0, 0.05) is 0 Å². The lowest BCUT2D eigenvalue weighted by atomic mass is 10.3. The molecule has 1 heterocycles. The van der Waals surface area contributed by atoms with Gasteiger partial charge >= 0.3 is 0 Å². The third kappa shape index (κ3) is 1.16. The number of rotatable bonds is 1. The maximum Gasteiger partial charge on any atom is 0.290 e. The van der Waals surface area contributed by atoms with Gasteiger partial charge in [-0.1, -0.05) is 12.1 Å². The highest BCUT2D eigenvalue weighted by molar-refractivity contribution is 5.75. The molecule has 68 valence electrons. The van der Waals surface area contributed by atoms with Crippen LogP contribution in [-0.4, -0.2) is 4.74 Å². The van der Waals surface area contributed by atoms with E-state index in [1.807, 2.05) is 26.0 Å². The first kappa shape index (κ1) is 8.10. The minimum atomic E-state index is -0.0504. The standard InChI is InChI=1S/C10H11NO2/c1-7(2)11-10(12)8-5-3-4-6-9(8)13-11/h3-7H,1-2H3. The van der Waals surface area contributed by atoms with E-state index in [0.29, 0.717) is 11.0 Å². The van der Waals surface area contributed by atoms with Crippen molar-refractivity contribution in [1.82, 2.24) is 4.74 Å². The van der Waals surface area contributed by atoms with Gasteiger partial charge in [0.05, 0.1) is 11.4 Å². The van der Waals surface area contributed by atoms with Gasteiger partial charge in [-0.25, -0.2) is 0 Å². The van der Waals surface area contributed by atoms with Crippen LogP contribution >= 0.6 is 0 Å². The van der Waals surface area contributed by atoms with Crippen molar-refractivity contribution in [3.8, 4) is 0 Å². The van der Waals surface area contributed by atoms with Crippen molar-refractivity contribution >= 4 is 11.0 Å². The lowest BCUT2D eigenvalue weighted by Gasteiger charge is -2.00. The van der Waals surface area contributed by atoms with Crippen LogP contribution in [0.2, 0.25) is 0 Å². The van der Waals surface area contributed by atoms with Crippen LogP contribution in [0.15, 0.2) is 33.6 Å². The number of fused-ring (bicyclic) bond motifs is 1. The largest absolute Gasteiger partial charge is 0.375 e. The zero-order chi connectivity index (χ0) is 9.42. The van der Waals surface area contributed by atoms with Crippen LogP contribution in [0.25, 0.3) is 11.0 Å². The summed E-state index contributed by atoms with van der Waals surface area (Å²) in [6.07, 6.45) is 0. The monoisotopic (exact) mass is 177 g/mol. The van der Waals surface area contributed by atoms with Gasteiger partial charge in [-0.3, -0.25) is 4.79 Å². The zero-order valence-corrected chi connectivity index (χ0v) is 7.65. The van der Waals surface area contributed by atoms with Crippen molar-refractivity contribution in [2.75, 3.05) is 0 Å². The van der Waals surface area contributed by atoms with Gasteiger partial charge < -0.3 is 4.52 Å². The Labute approximate surface area is 75.5 Å². The molecule has 0 saturated carbocycles. The molecule has 2 rings (SSSR count). The second-order valence-electron chi connectivity index (χ2n) is 3.31. The van der Waals surface area contributed by atoms with Crippen LogP contribution < -0.4 is 5.56 Å².